The van der Waals surface area contributed by atoms with Gasteiger partial charge in [-0.2, -0.15) is 11.8 Å². The second kappa shape index (κ2) is 6.15. The van der Waals surface area contributed by atoms with Gasteiger partial charge in [-0.05, 0) is 17.9 Å². The summed E-state index contributed by atoms with van der Waals surface area (Å²) in [4.78, 5) is 2.49. The molecule has 0 N–H and O–H groups in total. The Labute approximate surface area is 101 Å². The molecule has 0 aliphatic carbocycles. The van der Waals surface area contributed by atoms with Crippen LogP contribution in [0, 0.1) is 10.8 Å². The molecule has 2 atom stereocenters. The molecule has 0 aromatic rings. The molecule has 0 saturated carbocycles. The number of hydrogen-bond donors (Lipinski definition) is 0. The van der Waals surface area contributed by atoms with Crippen molar-refractivity contribution in [2.45, 2.75) is 41.5 Å². The van der Waals surface area contributed by atoms with E-state index < -0.39 is 0 Å². The van der Waals surface area contributed by atoms with Gasteiger partial charge in [-0.1, -0.05) is 41.5 Å². The van der Waals surface area contributed by atoms with Crippen molar-refractivity contribution in [1.29, 1.82) is 0 Å². The molecule has 15 heavy (non-hydrogen) atoms. The zero-order valence-electron chi connectivity index (χ0n) is 11.7. The van der Waals surface area contributed by atoms with E-state index in [1.165, 1.54) is 24.6 Å². The van der Waals surface area contributed by atoms with Crippen LogP contribution in [0.4, 0.5) is 0 Å². The Morgan fingerprint density at radius 1 is 0.867 bits per heavy atom. The van der Waals surface area contributed by atoms with Gasteiger partial charge in [0.25, 0.3) is 0 Å². The lowest BCUT2D eigenvalue weighted by Gasteiger charge is -2.31. The lowest BCUT2D eigenvalue weighted by molar-refractivity contribution is 0.212. The molecule has 0 bridgehead atoms. The molecule has 2 aliphatic heterocycles. The molecule has 0 spiro atoms. The maximum Gasteiger partial charge on any atom is 0.00464 e. The van der Waals surface area contributed by atoms with Crippen LogP contribution in [0.3, 0.4) is 0 Å². The molecule has 2 heterocycles. The van der Waals surface area contributed by atoms with Gasteiger partial charge >= 0.3 is 0 Å². The molecule has 0 aromatic heterocycles. The van der Waals surface area contributed by atoms with Gasteiger partial charge in [0.05, 0.1) is 0 Å². The standard InChI is InChI=1S/C9H17NS.2C2H6/c1-8-4-10(3)5-9(8,2)7-11-6-8;2*1-2/h4-7H2,1-3H3;2*1-2H3. The summed E-state index contributed by atoms with van der Waals surface area (Å²) >= 11 is 2.14. The van der Waals surface area contributed by atoms with Crippen LogP contribution in [0.5, 0.6) is 0 Å². The number of nitrogens with zero attached hydrogens (tertiary/aromatic N) is 1. The Hall–Kier alpha value is 0.310. The zero-order chi connectivity index (χ0) is 12.1. The molecule has 0 radical (unpaired) electrons. The zero-order valence-corrected chi connectivity index (χ0v) is 12.5. The predicted octanol–water partition coefficient (Wildman–Crippen LogP) is 3.74. The Morgan fingerprint density at radius 2 is 1.20 bits per heavy atom. The van der Waals surface area contributed by atoms with Gasteiger partial charge in [0.1, 0.15) is 0 Å². The Kier molecular flexibility index (Phi) is 6.27. The largest absolute Gasteiger partial charge is 0.305 e. The molecule has 92 valence electrons. The summed E-state index contributed by atoms with van der Waals surface area (Å²) in [6, 6.07) is 0. The van der Waals surface area contributed by atoms with E-state index in [1.807, 2.05) is 27.7 Å². The highest BCUT2D eigenvalue weighted by molar-refractivity contribution is 7.99. The van der Waals surface area contributed by atoms with Crippen LogP contribution in [-0.2, 0) is 0 Å². The lowest BCUT2D eigenvalue weighted by Crippen LogP contribution is -2.34. The first kappa shape index (κ1) is 15.3. The van der Waals surface area contributed by atoms with E-state index in [0.29, 0.717) is 10.8 Å². The van der Waals surface area contributed by atoms with E-state index in [1.54, 1.807) is 0 Å². The second-order valence-electron chi connectivity index (χ2n) is 4.79. The minimum atomic E-state index is 0.604. The van der Waals surface area contributed by atoms with Gasteiger partial charge in [-0.3, -0.25) is 0 Å². The third-order valence-electron chi connectivity index (χ3n) is 3.54. The molecule has 2 saturated heterocycles. The molecule has 1 nitrogen and oxygen atoms in total. The SMILES string of the molecule is CC.CC.CN1CC2(C)CSCC2(C)C1. The van der Waals surface area contributed by atoms with Crippen LogP contribution in [0.2, 0.25) is 0 Å². The van der Waals surface area contributed by atoms with Crippen LogP contribution in [0.25, 0.3) is 0 Å². The van der Waals surface area contributed by atoms with Crippen molar-refractivity contribution < 1.29 is 0 Å². The van der Waals surface area contributed by atoms with Crippen molar-refractivity contribution >= 4 is 11.8 Å². The molecule has 0 aromatic carbocycles. The van der Waals surface area contributed by atoms with E-state index in [9.17, 15) is 0 Å². The molecular weight excluding hydrogens is 202 g/mol. The first-order valence-electron chi connectivity index (χ1n) is 6.32. The van der Waals surface area contributed by atoms with Crippen LogP contribution >= 0.6 is 11.8 Å². The first-order valence-corrected chi connectivity index (χ1v) is 7.48. The van der Waals surface area contributed by atoms with Crippen molar-refractivity contribution in [3.05, 3.63) is 0 Å². The molecular formula is C13H29NS. The van der Waals surface area contributed by atoms with Crippen LogP contribution < -0.4 is 0 Å². The highest BCUT2D eigenvalue weighted by Gasteiger charge is 2.54. The fourth-order valence-corrected chi connectivity index (χ4v) is 4.45. The monoisotopic (exact) mass is 231 g/mol. The fraction of sp³-hybridized carbons (Fsp3) is 1.00. The Bertz CT molecular complexity index is 165. The minimum absolute atomic E-state index is 0.604. The summed E-state index contributed by atoms with van der Waals surface area (Å²) in [6.45, 7) is 15.5. The van der Waals surface area contributed by atoms with Crippen molar-refractivity contribution in [1.82, 2.24) is 4.90 Å². The molecule has 2 unspecified atom stereocenters. The number of rotatable bonds is 0. The highest BCUT2D eigenvalue weighted by Crippen LogP contribution is 2.54. The highest BCUT2D eigenvalue weighted by atomic mass is 32.2. The summed E-state index contributed by atoms with van der Waals surface area (Å²) in [7, 11) is 2.25. The molecule has 0 amide bonds. The molecule has 2 heteroatoms. The average Bonchev–Trinajstić information content (AvgIpc) is 2.59. The van der Waals surface area contributed by atoms with E-state index in [4.69, 9.17) is 0 Å². The van der Waals surface area contributed by atoms with Gasteiger partial charge < -0.3 is 4.90 Å². The quantitative estimate of drug-likeness (QED) is 0.625. The Morgan fingerprint density at radius 3 is 1.53 bits per heavy atom. The third kappa shape index (κ3) is 2.91. The normalized spacial score (nSPS) is 38.6. The van der Waals surface area contributed by atoms with Crippen LogP contribution in [0.1, 0.15) is 41.5 Å². The van der Waals surface area contributed by atoms with Gasteiger partial charge in [-0.15, -0.1) is 0 Å². The summed E-state index contributed by atoms with van der Waals surface area (Å²) in [5.41, 5.74) is 1.21. The van der Waals surface area contributed by atoms with Crippen molar-refractivity contribution in [2.75, 3.05) is 31.6 Å². The van der Waals surface area contributed by atoms with E-state index in [2.05, 4.69) is 37.6 Å². The van der Waals surface area contributed by atoms with Crippen LogP contribution in [0.15, 0.2) is 0 Å². The third-order valence-corrected chi connectivity index (χ3v) is 5.22. The van der Waals surface area contributed by atoms with Crippen molar-refractivity contribution in [3.8, 4) is 0 Å². The van der Waals surface area contributed by atoms with E-state index in [-0.39, 0.29) is 0 Å². The Balaban J connectivity index is 0.000000442. The molecule has 2 aliphatic rings. The number of fused-ring (bicyclic) bond motifs is 1. The van der Waals surface area contributed by atoms with Gasteiger partial charge in [0.2, 0.25) is 0 Å². The summed E-state index contributed by atoms with van der Waals surface area (Å²) in [5.74, 6) is 2.74. The van der Waals surface area contributed by atoms with Gasteiger partial charge in [0.15, 0.2) is 0 Å². The number of hydrogen-bond acceptors (Lipinski definition) is 2. The topological polar surface area (TPSA) is 3.24 Å². The second-order valence-corrected chi connectivity index (χ2v) is 5.77. The van der Waals surface area contributed by atoms with Crippen molar-refractivity contribution in [2.24, 2.45) is 10.8 Å². The minimum Gasteiger partial charge on any atom is -0.305 e. The van der Waals surface area contributed by atoms with E-state index >= 15 is 0 Å². The summed E-state index contributed by atoms with van der Waals surface area (Å²) in [5, 5.41) is 0. The number of thioether (sulfide) groups is 1. The fourth-order valence-electron chi connectivity index (χ4n) is 2.57. The van der Waals surface area contributed by atoms with Gasteiger partial charge in [-0.25, -0.2) is 0 Å². The smallest absolute Gasteiger partial charge is 0.00464 e. The molecule has 2 rings (SSSR count). The molecule has 2 fully saturated rings. The number of likely N-dealkylation sites (tertiary alicyclic amines) is 1. The van der Waals surface area contributed by atoms with Crippen LogP contribution in [-0.4, -0.2) is 36.5 Å². The maximum absolute atomic E-state index is 2.49. The maximum atomic E-state index is 2.49. The van der Waals surface area contributed by atoms with E-state index in [0.717, 1.165) is 0 Å². The lowest BCUT2D eigenvalue weighted by atomic mass is 9.71. The van der Waals surface area contributed by atoms with Gasteiger partial charge in [0, 0.05) is 24.6 Å². The summed E-state index contributed by atoms with van der Waals surface area (Å²) in [6.07, 6.45) is 0. The van der Waals surface area contributed by atoms with Crippen molar-refractivity contribution in [3.63, 3.8) is 0 Å². The summed E-state index contributed by atoms with van der Waals surface area (Å²) < 4.78 is 0. The average molecular weight is 231 g/mol. The predicted molar refractivity (Wildman–Crippen MR) is 73.7 cm³/mol. The first-order chi connectivity index (χ1) is 7.06.